The summed E-state index contributed by atoms with van der Waals surface area (Å²) in [6.45, 7) is 0. The first-order chi connectivity index (χ1) is 28.7. The Hall–Kier alpha value is -7.89. The van der Waals surface area contributed by atoms with Crippen molar-refractivity contribution in [1.82, 2.24) is 19.5 Å². The molecular weight excluding hydrogens is 709 g/mol. The summed E-state index contributed by atoms with van der Waals surface area (Å²) in [5.41, 5.74) is 10.1. The highest BCUT2D eigenvalue weighted by Gasteiger charge is 2.18. The highest BCUT2D eigenvalue weighted by molar-refractivity contribution is 6.20. The molecule has 0 aliphatic carbocycles. The molecule has 0 radical (unpaired) electrons. The third-order valence-electron chi connectivity index (χ3n) is 11.4. The van der Waals surface area contributed by atoms with Crippen molar-refractivity contribution in [2.75, 3.05) is 0 Å². The summed E-state index contributed by atoms with van der Waals surface area (Å²) in [4.78, 5) is 15.2. The van der Waals surface area contributed by atoms with Gasteiger partial charge in [0, 0.05) is 50.0 Å². The van der Waals surface area contributed by atoms with Crippen molar-refractivity contribution in [3.63, 3.8) is 0 Å². The molecule has 3 heterocycles. The molecule has 5 nitrogen and oxygen atoms in total. The van der Waals surface area contributed by atoms with Crippen LogP contribution in [0.1, 0.15) is 0 Å². The molecule has 270 valence electrons. The minimum Gasteiger partial charge on any atom is -0.456 e. The fraction of sp³-hybridized carbons (Fsp3) is 0. The minimum absolute atomic E-state index is 0.615. The van der Waals surface area contributed by atoms with Crippen LogP contribution in [0.2, 0.25) is 0 Å². The number of hydrogen-bond donors (Lipinski definition) is 0. The molecule has 3 aromatic heterocycles. The third kappa shape index (κ3) is 5.21. The van der Waals surface area contributed by atoms with Crippen molar-refractivity contribution in [2.45, 2.75) is 0 Å². The summed E-state index contributed by atoms with van der Waals surface area (Å²) in [6.07, 6.45) is 0. The quantitative estimate of drug-likeness (QED) is 0.176. The highest BCUT2D eigenvalue weighted by Crippen LogP contribution is 2.40. The third-order valence-corrected chi connectivity index (χ3v) is 11.4. The molecule has 12 rings (SSSR count). The second kappa shape index (κ2) is 12.8. The first kappa shape index (κ1) is 32.4. The molecule has 0 atom stereocenters. The van der Waals surface area contributed by atoms with Crippen LogP contribution in [0.25, 0.3) is 116 Å². The van der Waals surface area contributed by atoms with Crippen LogP contribution in [0.4, 0.5) is 0 Å². The van der Waals surface area contributed by atoms with Crippen molar-refractivity contribution in [2.24, 2.45) is 0 Å². The molecule has 0 amide bonds. The first-order valence-electron chi connectivity index (χ1n) is 19.5. The average Bonchev–Trinajstić information content (AvgIpc) is 3.83. The van der Waals surface area contributed by atoms with Crippen molar-refractivity contribution in [3.8, 4) is 51.0 Å². The zero-order valence-electron chi connectivity index (χ0n) is 31.2. The number of fused-ring (bicyclic) bond motifs is 9. The van der Waals surface area contributed by atoms with Crippen LogP contribution in [0.3, 0.4) is 0 Å². The van der Waals surface area contributed by atoms with Gasteiger partial charge in [0.05, 0.1) is 11.0 Å². The van der Waals surface area contributed by atoms with E-state index in [-0.39, 0.29) is 0 Å². The van der Waals surface area contributed by atoms with E-state index in [0.717, 1.165) is 66.2 Å². The van der Waals surface area contributed by atoms with Gasteiger partial charge in [0.1, 0.15) is 11.2 Å². The number of benzene rings is 9. The molecule has 9 aromatic carbocycles. The molecule has 0 bridgehead atoms. The van der Waals surface area contributed by atoms with Crippen LogP contribution in [-0.4, -0.2) is 19.5 Å². The monoisotopic (exact) mass is 740 g/mol. The zero-order chi connectivity index (χ0) is 38.2. The van der Waals surface area contributed by atoms with E-state index in [1.54, 1.807) is 0 Å². The predicted octanol–water partition coefficient (Wildman–Crippen LogP) is 13.8. The summed E-state index contributed by atoms with van der Waals surface area (Å²) < 4.78 is 9.04. The number of hydrogen-bond acceptors (Lipinski definition) is 4. The average molecular weight is 741 g/mol. The molecule has 0 aliphatic rings. The topological polar surface area (TPSA) is 56.7 Å². The highest BCUT2D eigenvalue weighted by atomic mass is 16.3. The number of nitrogens with zero attached hydrogens (tertiary/aromatic N) is 4. The van der Waals surface area contributed by atoms with E-state index in [9.17, 15) is 0 Å². The number of aromatic nitrogens is 4. The summed E-state index contributed by atoms with van der Waals surface area (Å²) in [5.74, 6) is 1.87. The van der Waals surface area contributed by atoms with Gasteiger partial charge in [-0.3, -0.25) is 0 Å². The maximum absolute atomic E-state index is 6.68. The Bertz CT molecular complexity index is 3550. The molecule has 0 N–H and O–H groups in total. The molecule has 0 spiro atoms. The molecule has 0 fully saturated rings. The molecule has 0 aliphatic heterocycles. The lowest BCUT2D eigenvalue weighted by Crippen LogP contribution is -2.00. The largest absolute Gasteiger partial charge is 0.456 e. The van der Waals surface area contributed by atoms with Gasteiger partial charge in [-0.05, 0) is 75.1 Å². The van der Waals surface area contributed by atoms with E-state index >= 15 is 0 Å². The predicted molar refractivity (Wildman–Crippen MR) is 238 cm³/mol. The molecule has 0 saturated heterocycles. The van der Waals surface area contributed by atoms with Crippen LogP contribution < -0.4 is 0 Å². The molecule has 12 aromatic rings. The summed E-state index contributed by atoms with van der Waals surface area (Å²) >= 11 is 0. The maximum Gasteiger partial charge on any atom is 0.164 e. The zero-order valence-corrected chi connectivity index (χ0v) is 31.2. The van der Waals surface area contributed by atoms with Gasteiger partial charge in [-0.1, -0.05) is 146 Å². The maximum atomic E-state index is 6.68. The van der Waals surface area contributed by atoms with Gasteiger partial charge in [0.15, 0.2) is 17.5 Å². The lowest BCUT2D eigenvalue weighted by Gasteiger charge is -2.10. The fourth-order valence-electron chi connectivity index (χ4n) is 8.59. The van der Waals surface area contributed by atoms with Crippen molar-refractivity contribution >= 4 is 65.3 Å². The normalized spacial score (nSPS) is 11.8. The van der Waals surface area contributed by atoms with Gasteiger partial charge in [0.25, 0.3) is 0 Å². The second-order valence-electron chi connectivity index (χ2n) is 14.8. The Kier molecular flexibility index (Phi) is 7.16. The lowest BCUT2D eigenvalue weighted by atomic mass is 10.0. The molecule has 0 unspecified atom stereocenters. The molecular formula is C53H32N4O. The van der Waals surface area contributed by atoms with Crippen LogP contribution >= 0.6 is 0 Å². The van der Waals surface area contributed by atoms with E-state index in [4.69, 9.17) is 19.4 Å². The Balaban J connectivity index is 1.01. The van der Waals surface area contributed by atoms with E-state index < -0.39 is 0 Å². The SMILES string of the molecule is c1ccc(-c2ccc(-c3nc(-c4ccccc4)nc(-c4ccc5ccc6oc7cc(-n8c9ccccc9c9cc%10ccccc%10cc98)ccc7c6c5c4)n3)cc2)cc1. The lowest BCUT2D eigenvalue weighted by molar-refractivity contribution is 0.669. The molecule has 0 saturated carbocycles. The Morgan fingerprint density at radius 1 is 0.328 bits per heavy atom. The van der Waals surface area contributed by atoms with Crippen LogP contribution in [0, 0.1) is 0 Å². The van der Waals surface area contributed by atoms with Crippen LogP contribution in [-0.2, 0) is 0 Å². The molecule has 5 heteroatoms. The van der Waals surface area contributed by atoms with Gasteiger partial charge in [-0.15, -0.1) is 0 Å². The van der Waals surface area contributed by atoms with E-state index in [2.05, 4.69) is 162 Å². The summed E-state index contributed by atoms with van der Waals surface area (Å²) in [7, 11) is 0. The van der Waals surface area contributed by atoms with E-state index in [0.29, 0.717) is 17.5 Å². The number of furan rings is 1. The first-order valence-corrected chi connectivity index (χ1v) is 19.5. The minimum atomic E-state index is 0.615. The van der Waals surface area contributed by atoms with Gasteiger partial charge in [-0.25, -0.2) is 15.0 Å². The Morgan fingerprint density at radius 3 is 1.69 bits per heavy atom. The standard InChI is InChI=1S/C53H32N4O/c1-3-11-33(12-4-1)34-19-22-37(23-20-34)52-54-51(36-13-5-2-6-14-36)55-53(56-52)40-24-21-35-25-28-48-50(44(35)30-40)43-27-26-41(32-49(43)58-48)57-46-18-10-9-17-42(46)45-29-38-15-7-8-16-39(38)31-47(45)57/h1-32H. The number of rotatable bonds is 5. The summed E-state index contributed by atoms with van der Waals surface area (Å²) in [5, 5.41) is 9.25. The fourth-order valence-corrected chi connectivity index (χ4v) is 8.59. The van der Waals surface area contributed by atoms with Gasteiger partial charge >= 0.3 is 0 Å². The van der Waals surface area contributed by atoms with E-state index in [1.165, 1.54) is 32.6 Å². The molecule has 58 heavy (non-hydrogen) atoms. The smallest absolute Gasteiger partial charge is 0.164 e. The Morgan fingerprint density at radius 2 is 0.914 bits per heavy atom. The van der Waals surface area contributed by atoms with Crippen molar-refractivity contribution < 1.29 is 4.42 Å². The van der Waals surface area contributed by atoms with Gasteiger partial charge < -0.3 is 8.98 Å². The van der Waals surface area contributed by atoms with Gasteiger partial charge in [-0.2, -0.15) is 0 Å². The Labute approximate surface area is 333 Å². The van der Waals surface area contributed by atoms with Crippen molar-refractivity contribution in [1.29, 1.82) is 0 Å². The second-order valence-corrected chi connectivity index (χ2v) is 14.8. The van der Waals surface area contributed by atoms with Crippen LogP contribution in [0.15, 0.2) is 199 Å². The van der Waals surface area contributed by atoms with Gasteiger partial charge in [0.2, 0.25) is 0 Å². The summed E-state index contributed by atoms with van der Waals surface area (Å²) in [6, 6.07) is 68.0. The van der Waals surface area contributed by atoms with Crippen molar-refractivity contribution in [3.05, 3.63) is 194 Å². The van der Waals surface area contributed by atoms with Crippen LogP contribution in [0.5, 0.6) is 0 Å². The number of para-hydroxylation sites is 1. The van der Waals surface area contributed by atoms with E-state index in [1.807, 2.05) is 36.4 Å².